The number of ether oxygens (including phenoxy) is 2. The van der Waals surface area contributed by atoms with Gasteiger partial charge >= 0.3 is 0 Å². The quantitative estimate of drug-likeness (QED) is 0.371. The van der Waals surface area contributed by atoms with Crippen LogP contribution in [0.4, 0.5) is 0 Å². The lowest BCUT2D eigenvalue weighted by Crippen LogP contribution is -2.40. The molecule has 0 radical (unpaired) electrons. The van der Waals surface area contributed by atoms with Crippen molar-refractivity contribution in [1.82, 2.24) is 4.90 Å². The van der Waals surface area contributed by atoms with Gasteiger partial charge in [0.15, 0.2) is 0 Å². The number of hydrogen-bond donors (Lipinski definition) is 1. The van der Waals surface area contributed by atoms with E-state index in [4.69, 9.17) is 9.47 Å². The molecular formula is C27H31NO5. The molecule has 0 bridgehead atoms. The molecule has 1 aliphatic carbocycles. The van der Waals surface area contributed by atoms with E-state index in [1.807, 2.05) is 38.1 Å². The summed E-state index contributed by atoms with van der Waals surface area (Å²) >= 11 is 0. The second-order valence-electron chi connectivity index (χ2n) is 8.97. The maximum absolute atomic E-state index is 13.3. The Morgan fingerprint density at radius 3 is 2.33 bits per heavy atom. The molecule has 1 amide bonds. The molecule has 1 N–H and O–H groups in total. The molecule has 1 atom stereocenters. The number of Topliss-reactive ketones (excluding diaryl/α,β-unsaturated/α-hetero) is 1. The summed E-state index contributed by atoms with van der Waals surface area (Å²) in [6, 6.07) is 13.6. The Morgan fingerprint density at radius 2 is 1.70 bits per heavy atom. The SMILES string of the molecule is COc1cccc(C2/C(=C(/O)c3ccc(OC(C)C)cc3)C(=O)C(=O)N2C2CCCCC2)c1. The number of carbonyl (C=O) groups excluding carboxylic acids is 2. The Bertz CT molecular complexity index is 1050. The smallest absolute Gasteiger partial charge is 0.295 e. The maximum Gasteiger partial charge on any atom is 0.295 e. The van der Waals surface area contributed by atoms with Crippen molar-refractivity contribution in [2.45, 2.75) is 64.1 Å². The van der Waals surface area contributed by atoms with E-state index in [1.54, 1.807) is 36.3 Å². The third-order valence-corrected chi connectivity index (χ3v) is 6.36. The highest BCUT2D eigenvalue weighted by atomic mass is 16.5. The van der Waals surface area contributed by atoms with Crippen LogP contribution in [0.2, 0.25) is 0 Å². The highest BCUT2D eigenvalue weighted by molar-refractivity contribution is 6.46. The number of nitrogens with zero attached hydrogens (tertiary/aromatic N) is 1. The second kappa shape index (κ2) is 9.69. The number of ketones is 1. The first kappa shape index (κ1) is 22.9. The number of benzene rings is 2. The van der Waals surface area contributed by atoms with Crippen LogP contribution in [-0.2, 0) is 9.59 Å². The average Bonchev–Trinajstić information content (AvgIpc) is 3.10. The maximum atomic E-state index is 13.3. The molecule has 6 nitrogen and oxygen atoms in total. The van der Waals surface area contributed by atoms with Crippen LogP contribution in [0, 0.1) is 0 Å². The van der Waals surface area contributed by atoms with Crippen molar-refractivity contribution in [3.63, 3.8) is 0 Å². The van der Waals surface area contributed by atoms with Crippen LogP contribution >= 0.6 is 0 Å². The Labute approximate surface area is 194 Å². The zero-order valence-electron chi connectivity index (χ0n) is 19.4. The van der Waals surface area contributed by atoms with E-state index in [-0.39, 0.29) is 23.5 Å². The normalized spacial score (nSPS) is 21.0. The first-order valence-electron chi connectivity index (χ1n) is 11.6. The number of likely N-dealkylation sites (tertiary alicyclic amines) is 1. The zero-order valence-corrected chi connectivity index (χ0v) is 19.4. The molecule has 6 heteroatoms. The zero-order chi connectivity index (χ0) is 23.5. The molecule has 174 valence electrons. The van der Waals surface area contributed by atoms with E-state index in [1.165, 1.54) is 0 Å². The molecule has 2 aromatic carbocycles. The van der Waals surface area contributed by atoms with Crippen molar-refractivity contribution < 1.29 is 24.2 Å². The summed E-state index contributed by atoms with van der Waals surface area (Å²) < 4.78 is 11.1. The minimum absolute atomic E-state index is 0.0262. The van der Waals surface area contributed by atoms with Gasteiger partial charge in [-0.15, -0.1) is 0 Å². The summed E-state index contributed by atoms with van der Waals surface area (Å²) in [6.45, 7) is 3.88. The highest BCUT2D eigenvalue weighted by Crippen LogP contribution is 2.43. The van der Waals surface area contributed by atoms with E-state index in [0.717, 1.165) is 37.7 Å². The van der Waals surface area contributed by atoms with E-state index >= 15 is 0 Å². The fourth-order valence-electron chi connectivity index (χ4n) is 4.84. The van der Waals surface area contributed by atoms with Crippen LogP contribution in [0.25, 0.3) is 5.76 Å². The molecule has 1 saturated carbocycles. The van der Waals surface area contributed by atoms with E-state index < -0.39 is 17.7 Å². The second-order valence-corrected chi connectivity index (χ2v) is 8.97. The minimum Gasteiger partial charge on any atom is -0.507 e. The number of amides is 1. The molecule has 1 heterocycles. The van der Waals surface area contributed by atoms with Crippen LogP contribution in [-0.4, -0.2) is 41.0 Å². The predicted octanol–water partition coefficient (Wildman–Crippen LogP) is 5.24. The third-order valence-electron chi connectivity index (χ3n) is 6.36. The fraction of sp³-hybridized carbons (Fsp3) is 0.407. The molecule has 2 aromatic rings. The molecular weight excluding hydrogens is 418 g/mol. The Balaban J connectivity index is 1.81. The van der Waals surface area contributed by atoms with Crippen molar-refractivity contribution in [2.24, 2.45) is 0 Å². The van der Waals surface area contributed by atoms with Gasteiger partial charge in [-0.25, -0.2) is 0 Å². The van der Waals surface area contributed by atoms with Gasteiger partial charge in [-0.2, -0.15) is 0 Å². The Hall–Kier alpha value is -3.28. The van der Waals surface area contributed by atoms with E-state index in [9.17, 15) is 14.7 Å². The third kappa shape index (κ3) is 4.61. The molecule has 4 rings (SSSR count). The van der Waals surface area contributed by atoms with E-state index in [0.29, 0.717) is 17.1 Å². The lowest BCUT2D eigenvalue weighted by atomic mass is 9.91. The monoisotopic (exact) mass is 449 g/mol. The van der Waals surface area contributed by atoms with Crippen LogP contribution in [0.15, 0.2) is 54.1 Å². The average molecular weight is 450 g/mol. The van der Waals surface area contributed by atoms with Crippen molar-refractivity contribution in [1.29, 1.82) is 0 Å². The van der Waals surface area contributed by atoms with Crippen LogP contribution in [0.3, 0.4) is 0 Å². The molecule has 2 aliphatic rings. The van der Waals surface area contributed by atoms with Gasteiger partial charge in [-0.3, -0.25) is 9.59 Å². The lowest BCUT2D eigenvalue weighted by Gasteiger charge is -2.35. The van der Waals surface area contributed by atoms with Crippen molar-refractivity contribution >= 4 is 17.4 Å². The van der Waals surface area contributed by atoms with Gasteiger partial charge in [-0.1, -0.05) is 31.4 Å². The first-order chi connectivity index (χ1) is 15.9. The number of hydrogen-bond acceptors (Lipinski definition) is 5. The summed E-state index contributed by atoms with van der Waals surface area (Å²) in [7, 11) is 1.58. The number of methoxy groups -OCH3 is 1. The standard InChI is InChI=1S/C27H31NO5/c1-17(2)33-21-14-12-18(13-15-21)25(29)23-24(19-8-7-11-22(16-19)32-3)28(27(31)26(23)30)20-9-5-4-6-10-20/h7-8,11-17,20,24,29H,4-6,9-10H2,1-3H3/b25-23-. The van der Waals surface area contributed by atoms with Crippen molar-refractivity contribution in [2.75, 3.05) is 7.11 Å². The van der Waals surface area contributed by atoms with Gasteiger partial charge in [0.2, 0.25) is 0 Å². The fourth-order valence-corrected chi connectivity index (χ4v) is 4.84. The predicted molar refractivity (Wildman–Crippen MR) is 126 cm³/mol. The largest absolute Gasteiger partial charge is 0.507 e. The summed E-state index contributed by atoms with van der Waals surface area (Å²) in [4.78, 5) is 28.2. The summed E-state index contributed by atoms with van der Waals surface area (Å²) in [6.07, 6.45) is 4.92. The number of carbonyl (C=O) groups is 2. The topological polar surface area (TPSA) is 76.1 Å². The van der Waals surface area contributed by atoms with Gasteiger partial charge in [0.25, 0.3) is 11.7 Å². The van der Waals surface area contributed by atoms with Gasteiger partial charge in [0, 0.05) is 11.6 Å². The molecule has 33 heavy (non-hydrogen) atoms. The minimum atomic E-state index is -0.658. The summed E-state index contributed by atoms with van der Waals surface area (Å²) in [5.74, 6) is -0.0505. The van der Waals surface area contributed by atoms with Gasteiger partial charge < -0.3 is 19.5 Å². The Kier molecular flexibility index (Phi) is 6.72. The lowest BCUT2D eigenvalue weighted by molar-refractivity contribution is -0.141. The highest BCUT2D eigenvalue weighted by Gasteiger charge is 2.48. The number of aliphatic hydroxyl groups excluding tert-OH is 1. The van der Waals surface area contributed by atoms with Gasteiger partial charge in [-0.05, 0) is 68.7 Å². The first-order valence-corrected chi connectivity index (χ1v) is 11.6. The van der Waals surface area contributed by atoms with E-state index in [2.05, 4.69) is 0 Å². The number of aliphatic hydroxyl groups is 1. The molecule has 0 aromatic heterocycles. The van der Waals surface area contributed by atoms with Crippen molar-refractivity contribution in [3.8, 4) is 11.5 Å². The van der Waals surface area contributed by atoms with Crippen LogP contribution in [0.1, 0.15) is 63.1 Å². The molecule has 1 unspecified atom stereocenters. The van der Waals surface area contributed by atoms with Crippen LogP contribution in [0.5, 0.6) is 11.5 Å². The summed E-state index contributed by atoms with van der Waals surface area (Å²) in [5, 5.41) is 11.3. The van der Waals surface area contributed by atoms with Gasteiger partial charge in [0.1, 0.15) is 17.3 Å². The Morgan fingerprint density at radius 1 is 1.00 bits per heavy atom. The van der Waals surface area contributed by atoms with Crippen molar-refractivity contribution in [3.05, 3.63) is 65.2 Å². The van der Waals surface area contributed by atoms with Crippen LogP contribution < -0.4 is 9.47 Å². The van der Waals surface area contributed by atoms with Gasteiger partial charge in [0.05, 0.1) is 24.8 Å². The number of rotatable bonds is 6. The molecule has 0 spiro atoms. The molecule has 1 aliphatic heterocycles. The summed E-state index contributed by atoms with van der Waals surface area (Å²) in [5.41, 5.74) is 1.34. The molecule has 1 saturated heterocycles. The molecule has 2 fully saturated rings.